The molecule has 0 saturated carbocycles. The van der Waals surface area contributed by atoms with E-state index in [1.165, 1.54) is 6.08 Å². The molecule has 0 unspecified atom stereocenters. The van der Waals surface area contributed by atoms with E-state index in [0.29, 0.717) is 16.7 Å². The van der Waals surface area contributed by atoms with E-state index < -0.39 is 41.5 Å². The molecule has 0 fully saturated rings. The summed E-state index contributed by atoms with van der Waals surface area (Å²) < 4.78 is 15.9. The van der Waals surface area contributed by atoms with Gasteiger partial charge in [-0.05, 0) is 58.1 Å². The minimum Gasteiger partial charge on any atom is -0.464 e. The lowest BCUT2D eigenvalue weighted by atomic mass is 9.73. The normalized spacial score (nSPS) is 15.0. The zero-order chi connectivity index (χ0) is 28.7. The zero-order valence-corrected chi connectivity index (χ0v) is 23.1. The Morgan fingerprint density at radius 1 is 0.947 bits per heavy atom. The first-order valence-corrected chi connectivity index (χ1v) is 12.4. The van der Waals surface area contributed by atoms with Crippen molar-refractivity contribution in [3.8, 4) is 0 Å². The first kappa shape index (κ1) is 30.5. The number of rotatable bonds is 10. The quantitative estimate of drug-likeness (QED) is 0.270. The molecule has 2 rings (SSSR count). The second kappa shape index (κ2) is 12.7. The first-order valence-electron chi connectivity index (χ1n) is 12.4. The predicted molar refractivity (Wildman–Crippen MR) is 140 cm³/mol. The molecule has 1 aromatic rings. The summed E-state index contributed by atoms with van der Waals surface area (Å²) in [5.74, 6) is -2.00. The highest BCUT2D eigenvalue weighted by Crippen LogP contribution is 2.36. The van der Waals surface area contributed by atoms with E-state index in [9.17, 15) is 24.0 Å². The van der Waals surface area contributed by atoms with E-state index in [1.807, 2.05) is 6.07 Å². The first-order chi connectivity index (χ1) is 17.6. The van der Waals surface area contributed by atoms with Crippen LogP contribution in [0.4, 0.5) is 4.79 Å². The Bertz CT molecular complexity index is 1140. The molecule has 1 aliphatic rings. The third-order valence-electron chi connectivity index (χ3n) is 5.90. The molecular formula is C29H37NO8. The Kier molecular flexibility index (Phi) is 10.2. The topological polar surface area (TPSA) is 125 Å². The van der Waals surface area contributed by atoms with E-state index in [0.717, 1.165) is 5.56 Å². The number of benzene rings is 1. The third-order valence-corrected chi connectivity index (χ3v) is 5.90. The molecule has 1 atom stereocenters. The SMILES string of the molecule is CC1=CC(=O)C(C(C)(C)CCOC(=O)[C@H](CC(=O)OCc2ccccc2)NC(=O)OC(C)(C)C)=C(C)C1=O. The Labute approximate surface area is 223 Å². The van der Waals surface area contributed by atoms with Crippen LogP contribution >= 0.6 is 0 Å². The summed E-state index contributed by atoms with van der Waals surface area (Å²) in [4.78, 5) is 62.7. The highest BCUT2D eigenvalue weighted by molar-refractivity contribution is 6.22. The Morgan fingerprint density at radius 2 is 1.58 bits per heavy atom. The molecule has 0 saturated heterocycles. The molecule has 206 valence electrons. The van der Waals surface area contributed by atoms with Gasteiger partial charge in [-0.2, -0.15) is 0 Å². The molecule has 38 heavy (non-hydrogen) atoms. The molecule has 0 spiro atoms. The van der Waals surface area contributed by atoms with Gasteiger partial charge in [-0.1, -0.05) is 44.2 Å². The Morgan fingerprint density at radius 3 is 2.18 bits per heavy atom. The Balaban J connectivity index is 2.05. The fraction of sp³-hybridized carbons (Fsp3) is 0.483. The molecule has 1 N–H and O–H groups in total. The summed E-state index contributed by atoms with van der Waals surface area (Å²) >= 11 is 0. The van der Waals surface area contributed by atoms with Crippen molar-refractivity contribution in [1.82, 2.24) is 5.32 Å². The van der Waals surface area contributed by atoms with Crippen LogP contribution in [0.2, 0.25) is 0 Å². The number of ether oxygens (including phenoxy) is 3. The Hall–Kier alpha value is -3.75. The van der Waals surface area contributed by atoms with Gasteiger partial charge in [-0.25, -0.2) is 9.59 Å². The number of alkyl carbamates (subject to hydrolysis) is 1. The van der Waals surface area contributed by atoms with Crippen LogP contribution in [0.5, 0.6) is 0 Å². The number of carbonyl (C=O) groups is 5. The standard InChI is InChI=1S/C29H37NO8/c1-18-15-22(31)24(19(2)25(18)33)29(6,7)13-14-36-26(34)21(30-27(35)38-28(3,4)5)16-23(32)37-17-20-11-9-8-10-12-20/h8-12,15,21H,13-14,16-17H2,1-7H3,(H,30,35)/t21-/m0/s1. The van der Waals surface area contributed by atoms with Gasteiger partial charge in [-0.15, -0.1) is 0 Å². The summed E-state index contributed by atoms with van der Waals surface area (Å²) in [6.45, 7) is 11.7. The van der Waals surface area contributed by atoms with E-state index in [-0.39, 0.29) is 31.2 Å². The minimum atomic E-state index is -1.35. The molecule has 1 aromatic carbocycles. The van der Waals surface area contributed by atoms with Crippen molar-refractivity contribution < 1.29 is 38.2 Å². The number of allylic oxidation sites excluding steroid dienone is 4. The monoisotopic (exact) mass is 527 g/mol. The van der Waals surface area contributed by atoms with Crippen molar-refractivity contribution in [2.24, 2.45) is 5.41 Å². The van der Waals surface area contributed by atoms with Crippen LogP contribution in [0.15, 0.2) is 53.1 Å². The molecule has 1 aliphatic carbocycles. The molecule has 0 aliphatic heterocycles. The summed E-state index contributed by atoms with van der Waals surface area (Å²) in [5.41, 5.74) is 0.311. The summed E-state index contributed by atoms with van der Waals surface area (Å²) in [7, 11) is 0. The van der Waals surface area contributed by atoms with Crippen LogP contribution in [-0.2, 0) is 40.0 Å². The summed E-state index contributed by atoms with van der Waals surface area (Å²) in [5, 5.41) is 2.39. The third kappa shape index (κ3) is 8.97. The molecule has 9 heteroatoms. The van der Waals surface area contributed by atoms with Gasteiger partial charge in [0, 0.05) is 16.7 Å². The van der Waals surface area contributed by atoms with Crippen LogP contribution in [0, 0.1) is 5.41 Å². The van der Waals surface area contributed by atoms with E-state index >= 15 is 0 Å². The summed E-state index contributed by atoms with van der Waals surface area (Å²) in [6.07, 6.45) is 0.204. The van der Waals surface area contributed by atoms with E-state index in [1.54, 1.807) is 72.7 Å². The van der Waals surface area contributed by atoms with Crippen molar-refractivity contribution in [1.29, 1.82) is 0 Å². The van der Waals surface area contributed by atoms with Gasteiger partial charge in [-0.3, -0.25) is 14.4 Å². The van der Waals surface area contributed by atoms with Gasteiger partial charge >= 0.3 is 18.0 Å². The fourth-order valence-corrected chi connectivity index (χ4v) is 4.01. The maximum absolute atomic E-state index is 12.9. The maximum Gasteiger partial charge on any atom is 0.408 e. The fourth-order valence-electron chi connectivity index (χ4n) is 4.01. The molecular weight excluding hydrogens is 490 g/mol. The van der Waals surface area contributed by atoms with Crippen LogP contribution in [0.1, 0.15) is 66.9 Å². The lowest BCUT2D eigenvalue weighted by Crippen LogP contribution is -2.45. The van der Waals surface area contributed by atoms with Crippen LogP contribution in [0.3, 0.4) is 0 Å². The van der Waals surface area contributed by atoms with Crippen molar-refractivity contribution in [3.63, 3.8) is 0 Å². The van der Waals surface area contributed by atoms with Gasteiger partial charge in [0.05, 0.1) is 13.0 Å². The zero-order valence-electron chi connectivity index (χ0n) is 23.1. The van der Waals surface area contributed by atoms with Crippen LogP contribution in [-0.4, -0.2) is 47.8 Å². The minimum absolute atomic E-state index is 0.0111. The molecule has 0 radical (unpaired) electrons. The summed E-state index contributed by atoms with van der Waals surface area (Å²) in [6, 6.07) is 7.68. The second-order valence-corrected chi connectivity index (χ2v) is 10.9. The van der Waals surface area contributed by atoms with E-state index in [2.05, 4.69) is 5.32 Å². The highest BCUT2D eigenvalue weighted by Gasteiger charge is 2.35. The number of esters is 2. The number of hydrogen-bond donors (Lipinski definition) is 1. The number of carbonyl (C=O) groups excluding carboxylic acids is 5. The van der Waals surface area contributed by atoms with Crippen molar-refractivity contribution in [2.75, 3.05) is 6.61 Å². The number of amides is 1. The average molecular weight is 528 g/mol. The van der Waals surface area contributed by atoms with Gasteiger partial charge < -0.3 is 19.5 Å². The van der Waals surface area contributed by atoms with Gasteiger partial charge in [0.1, 0.15) is 18.2 Å². The average Bonchev–Trinajstić information content (AvgIpc) is 2.80. The molecule has 1 amide bonds. The van der Waals surface area contributed by atoms with Gasteiger partial charge in [0.2, 0.25) is 0 Å². The van der Waals surface area contributed by atoms with E-state index in [4.69, 9.17) is 14.2 Å². The number of nitrogens with one attached hydrogen (secondary N) is 1. The predicted octanol–water partition coefficient (Wildman–Crippen LogP) is 4.39. The maximum atomic E-state index is 12.9. The highest BCUT2D eigenvalue weighted by atomic mass is 16.6. The van der Waals surface area contributed by atoms with Crippen LogP contribution < -0.4 is 5.32 Å². The molecule has 0 bridgehead atoms. The molecule has 0 heterocycles. The van der Waals surface area contributed by atoms with Gasteiger partial charge in [0.15, 0.2) is 11.6 Å². The molecule has 9 nitrogen and oxygen atoms in total. The largest absolute Gasteiger partial charge is 0.464 e. The lowest BCUT2D eigenvalue weighted by molar-refractivity contribution is -0.153. The van der Waals surface area contributed by atoms with Crippen molar-refractivity contribution >= 4 is 29.6 Å². The number of hydrogen-bond acceptors (Lipinski definition) is 8. The van der Waals surface area contributed by atoms with Gasteiger partial charge in [0.25, 0.3) is 0 Å². The molecule has 0 aromatic heterocycles. The number of ketones is 2. The van der Waals surface area contributed by atoms with Crippen LogP contribution in [0.25, 0.3) is 0 Å². The second-order valence-electron chi connectivity index (χ2n) is 10.9. The lowest BCUT2D eigenvalue weighted by Gasteiger charge is -2.30. The van der Waals surface area contributed by atoms with Crippen molar-refractivity contribution in [3.05, 3.63) is 58.7 Å². The number of Topliss-reactive ketones (excluding diaryl/α,β-unsaturated/α-hetero) is 1. The van der Waals surface area contributed by atoms with Crippen molar-refractivity contribution in [2.45, 2.75) is 79.6 Å². The smallest absolute Gasteiger partial charge is 0.408 e.